The zero-order chi connectivity index (χ0) is 34.2. The van der Waals surface area contributed by atoms with E-state index in [9.17, 15) is 0 Å². The lowest BCUT2D eigenvalue weighted by Gasteiger charge is -2.28. The van der Waals surface area contributed by atoms with Crippen LogP contribution < -0.4 is 4.90 Å². The van der Waals surface area contributed by atoms with Crippen molar-refractivity contribution in [2.75, 3.05) is 4.90 Å². The molecule has 0 unspecified atom stereocenters. The van der Waals surface area contributed by atoms with Gasteiger partial charge in [-0.3, -0.25) is 0 Å². The smallest absolute Gasteiger partial charge is 0.227 e. The van der Waals surface area contributed by atoms with Gasteiger partial charge in [-0.15, -0.1) is 0 Å². The molecular weight excluding hydrogens is 633 g/mol. The number of hydrogen-bond acceptors (Lipinski definition) is 3. The van der Waals surface area contributed by atoms with Gasteiger partial charge in [0.25, 0.3) is 0 Å². The first-order chi connectivity index (χ1) is 25.8. The molecule has 10 aromatic rings. The number of nitrogens with zero attached hydrogens (tertiary/aromatic N) is 2. The molecule has 11 rings (SSSR count). The highest BCUT2D eigenvalue weighted by molar-refractivity contribution is 6.32. The van der Waals surface area contributed by atoms with Crippen molar-refractivity contribution in [3.05, 3.63) is 182 Å². The van der Waals surface area contributed by atoms with Gasteiger partial charge in [0, 0.05) is 38.8 Å². The van der Waals surface area contributed by atoms with E-state index >= 15 is 0 Å². The molecule has 0 saturated carbocycles. The predicted octanol–water partition coefficient (Wildman–Crippen LogP) is 13.7. The van der Waals surface area contributed by atoms with Crippen LogP contribution in [0.5, 0.6) is 0 Å². The van der Waals surface area contributed by atoms with E-state index in [4.69, 9.17) is 9.40 Å². The van der Waals surface area contributed by atoms with E-state index in [-0.39, 0.29) is 0 Å². The Balaban J connectivity index is 1.10. The van der Waals surface area contributed by atoms with Crippen molar-refractivity contribution in [3.63, 3.8) is 0 Å². The molecule has 0 bridgehead atoms. The Morgan fingerprint density at radius 1 is 0.404 bits per heavy atom. The summed E-state index contributed by atoms with van der Waals surface area (Å²) >= 11 is 0. The molecule has 9 aromatic carbocycles. The molecule has 0 spiro atoms. The Kier molecular flexibility index (Phi) is 6.25. The third-order valence-electron chi connectivity index (χ3n) is 10.6. The van der Waals surface area contributed by atoms with Crippen LogP contribution in [0, 0.1) is 0 Å². The van der Waals surface area contributed by atoms with Crippen molar-refractivity contribution in [3.8, 4) is 56.3 Å². The van der Waals surface area contributed by atoms with Gasteiger partial charge < -0.3 is 9.32 Å². The highest BCUT2D eigenvalue weighted by atomic mass is 16.4. The van der Waals surface area contributed by atoms with Crippen molar-refractivity contribution in [1.82, 2.24) is 4.98 Å². The van der Waals surface area contributed by atoms with Crippen molar-refractivity contribution in [2.45, 2.75) is 0 Å². The molecule has 0 atom stereocenters. The first-order valence-electron chi connectivity index (χ1n) is 17.7. The van der Waals surface area contributed by atoms with Gasteiger partial charge in [0.15, 0.2) is 5.76 Å². The maximum absolute atomic E-state index is 6.55. The summed E-state index contributed by atoms with van der Waals surface area (Å²) in [7, 11) is 0. The Morgan fingerprint density at radius 2 is 0.942 bits per heavy atom. The molecular formula is C49H30N2O. The van der Waals surface area contributed by atoms with E-state index in [1.165, 1.54) is 54.6 Å². The quantitative estimate of drug-likeness (QED) is 0.166. The normalized spacial score (nSPS) is 11.8. The van der Waals surface area contributed by atoms with E-state index in [0.29, 0.717) is 5.89 Å². The molecule has 242 valence electrons. The molecule has 0 radical (unpaired) electrons. The SMILES string of the molecule is c1ccc(-c2ccc(N(c3ccc(-c4ccccc4)cc3)c3ccc4cc5c6c(ccc7ccc3c4c76)-c3nc(-c4ccccc4)oc3-5)cc2)cc1. The molecule has 0 saturated heterocycles. The summed E-state index contributed by atoms with van der Waals surface area (Å²) in [6.45, 7) is 0. The van der Waals surface area contributed by atoms with Gasteiger partial charge in [0.05, 0.1) is 5.69 Å². The van der Waals surface area contributed by atoms with E-state index in [2.05, 4.69) is 157 Å². The average Bonchev–Trinajstić information content (AvgIpc) is 3.79. The number of aromatic nitrogens is 1. The number of oxazole rings is 1. The van der Waals surface area contributed by atoms with Gasteiger partial charge in [-0.1, -0.05) is 133 Å². The Hall–Kier alpha value is -6.97. The monoisotopic (exact) mass is 662 g/mol. The van der Waals surface area contributed by atoms with Gasteiger partial charge in [0.2, 0.25) is 5.89 Å². The number of hydrogen-bond donors (Lipinski definition) is 0. The zero-order valence-electron chi connectivity index (χ0n) is 28.1. The molecule has 0 aliphatic heterocycles. The van der Waals surface area contributed by atoms with Crippen LogP contribution in [0.25, 0.3) is 88.6 Å². The molecule has 1 aliphatic carbocycles. The molecule has 0 N–H and O–H groups in total. The molecule has 52 heavy (non-hydrogen) atoms. The van der Waals surface area contributed by atoms with Crippen LogP contribution in [0.3, 0.4) is 0 Å². The fourth-order valence-corrected chi connectivity index (χ4v) is 8.16. The lowest BCUT2D eigenvalue weighted by Crippen LogP contribution is -2.10. The van der Waals surface area contributed by atoms with Crippen molar-refractivity contribution >= 4 is 49.4 Å². The second-order valence-corrected chi connectivity index (χ2v) is 13.5. The highest BCUT2D eigenvalue weighted by Crippen LogP contribution is 2.54. The summed E-state index contributed by atoms with van der Waals surface area (Å²) in [4.78, 5) is 7.45. The fourth-order valence-electron chi connectivity index (χ4n) is 8.16. The first-order valence-corrected chi connectivity index (χ1v) is 17.7. The Bertz CT molecular complexity index is 2830. The van der Waals surface area contributed by atoms with Gasteiger partial charge in [-0.25, -0.2) is 4.98 Å². The summed E-state index contributed by atoms with van der Waals surface area (Å²) in [5.41, 5.74) is 12.3. The minimum atomic E-state index is 0.656. The summed E-state index contributed by atoms with van der Waals surface area (Å²) in [6, 6.07) is 65.0. The molecule has 3 heteroatoms. The van der Waals surface area contributed by atoms with Crippen LogP contribution in [0.15, 0.2) is 186 Å². The van der Waals surface area contributed by atoms with E-state index < -0.39 is 0 Å². The van der Waals surface area contributed by atoms with Crippen LogP contribution in [0.1, 0.15) is 0 Å². The van der Waals surface area contributed by atoms with Crippen LogP contribution >= 0.6 is 0 Å². The second-order valence-electron chi connectivity index (χ2n) is 13.5. The number of benzene rings is 9. The van der Waals surface area contributed by atoms with Gasteiger partial charge in [-0.2, -0.15) is 0 Å². The molecule has 0 amide bonds. The number of anilines is 3. The predicted molar refractivity (Wildman–Crippen MR) is 216 cm³/mol. The molecule has 3 nitrogen and oxygen atoms in total. The van der Waals surface area contributed by atoms with Crippen molar-refractivity contribution < 1.29 is 4.42 Å². The fraction of sp³-hybridized carbons (Fsp3) is 0. The second kappa shape index (κ2) is 11.3. The van der Waals surface area contributed by atoms with Crippen LogP contribution in [0.4, 0.5) is 17.1 Å². The number of rotatable bonds is 6. The first kappa shape index (κ1) is 28.8. The molecule has 1 aliphatic rings. The van der Waals surface area contributed by atoms with Gasteiger partial charge >= 0.3 is 0 Å². The highest BCUT2D eigenvalue weighted by Gasteiger charge is 2.31. The standard InChI is InChI=1S/C49H30N2O/c1-4-10-31(11-5-1)33-16-23-38(24-17-33)51(39-25-18-34(19-26-39)32-12-6-2-7-13-32)43-29-22-37-30-42-46-41(28-21-35-20-27-40(43)44(37)45(35)46)47-48(42)52-49(50-47)36-14-8-3-9-15-36/h1-30H. The maximum atomic E-state index is 6.55. The Labute approximate surface area is 301 Å². The summed E-state index contributed by atoms with van der Waals surface area (Å²) in [5, 5.41) is 7.35. The molecule has 1 aromatic heterocycles. The summed E-state index contributed by atoms with van der Waals surface area (Å²) in [6.07, 6.45) is 0. The minimum Gasteiger partial charge on any atom is -0.435 e. The van der Waals surface area contributed by atoms with Gasteiger partial charge in [-0.05, 0) is 92.3 Å². The van der Waals surface area contributed by atoms with Crippen LogP contribution in [0.2, 0.25) is 0 Å². The van der Waals surface area contributed by atoms with Gasteiger partial charge in [0.1, 0.15) is 5.69 Å². The van der Waals surface area contributed by atoms with Crippen LogP contribution in [-0.4, -0.2) is 4.98 Å². The van der Waals surface area contributed by atoms with E-state index in [1.807, 2.05) is 30.3 Å². The van der Waals surface area contributed by atoms with Crippen LogP contribution in [-0.2, 0) is 0 Å². The lowest BCUT2D eigenvalue weighted by molar-refractivity contribution is 0.590. The maximum Gasteiger partial charge on any atom is 0.227 e. The average molecular weight is 663 g/mol. The summed E-state index contributed by atoms with van der Waals surface area (Å²) < 4.78 is 6.55. The van der Waals surface area contributed by atoms with E-state index in [0.717, 1.165) is 45.2 Å². The minimum absolute atomic E-state index is 0.656. The lowest BCUT2D eigenvalue weighted by atomic mass is 9.90. The van der Waals surface area contributed by atoms with Crippen molar-refractivity contribution in [1.29, 1.82) is 0 Å². The third kappa shape index (κ3) is 4.36. The molecule has 0 fully saturated rings. The summed E-state index contributed by atoms with van der Waals surface area (Å²) in [5.74, 6) is 1.51. The third-order valence-corrected chi connectivity index (χ3v) is 10.6. The van der Waals surface area contributed by atoms with E-state index in [1.54, 1.807) is 0 Å². The zero-order valence-corrected chi connectivity index (χ0v) is 28.1. The molecule has 1 heterocycles. The number of fused-ring (bicyclic) bond motifs is 3. The largest absolute Gasteiger partial charge is 0.435 e. The Morgan fingerprint density at radius 3 is 1.56 bits per heavy atom. The topological polar surface area (TPSA) is 29.3 Å². The van der Waals surface area contributed by atoms with Crippen molar-refractivity contribution in [2.24, 2.45) is 0 Å².